The topological polar surface area (TPSA) is 39.0 Å². The van der Waals surface area contributed by atoms with E-state index < -0.39 is 0 Å². The van der Waals surface area contributed by atoms with Crippen LogP contribution in [-0.2, 0) is 26.7 Å². The summed E-state index contributed by atoms with van der Waals surface area (Å²) in [6.07, 6.45) is 2.07. The molecule has 0 amide bonds. The Balaban J connectivity index is 1.47. The van der Waals surface area contributed by atoms with Gasteiger partial charge in [-0.15, -0.1) is 0 Å². The standard InChI is InChI=1S/C23H36N6/c1-5-28-13-15-29(16-14-28)18-21-10-8-20(9-11-21)17-25-23(24-2)27(4)19-22-7-6-12-26(22)3/h6-12H,5,13-19H2,1-4H3,(H,24,25). The zero-order valence-electron chi connectivity index (χ0n) is 18.4. The Kier molecular flexibility index (Phi) is 7.72. The summed E-state index contributed by atoms with van der Waals surface area (Å²) in [7, 11) is 5.99. The largest absolute Gasteiger partial charge is 0.353 e. The molecule has 1 aliphatic rings. The zero-order chi connectivity index (χ0) is 20.6. The molecule has 0 spiro atoms. The third kappa shape index (κ3) is 6.08. The van der Waals surface area contributed by atoms with Gasteiger partial charge in [-0.3, -0.25) is 9.89 Å². The molecule has 0 radical (unpaired) electrons. The van der Waals surface area contributed by atoms with Gasteiger partial charge in [-0.05, 0) is 29.8 Å². The van der Waals surface area contributed by atoms with E-state index in [4.69, 9.17) is 0 Å². The Bertz CT molecular complexity index is 771. The summed E-state index contributed by atoms with van der Waals surface area (Å²) < 4.78 is 2.14. The van der Waals surface area contributed by atoms with Crippen LogP contribution in [0.4, 0.5) is 0 Å². The molecule has 0 bridgehead atoms. The van der Waals surface area contributed by atoms with E-state index >= 15 is 0 Å². The van der Waals surface area contributed by atoms with Crippen molar-refractivity contribution in [3.8, 4) is 0 Å². The van der Waals surface area contributed by atoms with Crippen LogP contribution in [0.3, 0.4) is 0 Å². The minimum atomic E-state index is 0.777. The fraction of sp³-hybridized carbons (Fsp3) is 0.522. The number of nitrogens with zero attached hydrogens (tertiary/aromatic N) is 5. The third-order valence-corrected chi connectivity index (χ3v) is 5.82. The zero-order valence-corrected chi connectivity index (χ0v) is 18.4. The first-order chi connectivity index (χ1) is 14.1. The first-order valence-corrected chi connectivity index (χ1v) is 10.6. The summed E-state index contributed by atoms with van der Waals surface area (Å²) in [6, 6.07) is 13.2. The van der Waals surface area contributed by atoms with Crippen LogP contribution in [0.25, 0.3) is 0 Å². The minimum absolute atomic E-state index is 0.777. The maximum absolute atomic E-state index is 4.43. The van der Waals surface area contributed by atoms with E-state index in [0.717, 1.165) is 25.6 Å². The van der Waals surface area contributed by atoms with Crippen LogP contribution in [0.5, 0.6) is 0 Å². The molecule has 2 aromatic rings. The van der Waals surface area contributed by atoms with Crippen LogP contribution in [-0.4, -0.2) is 72.0 Å². The molecule has 0 aliphatic carbocycles. The Morgan fingerprint density at radius 2 is 1.69 bits per heavy atom. The molecule has 1 fully saturated rings. The van der Waals surface area contributed by atoms with Crippen molar-refractivity contribution in [3.63, 3.8) is 0 Å². The SMILES string of the molecule is CCN1CCN(Cc2ccc(CNC(=NC)N(C)Cc3cccn3C)cc2)CC1. The number of likely N-dealkylation sites (N-methyl/N-ethyl adjacent to an activating group) is 1. The number of nitrogens with one attached hydrogen (secondary N) is 1. The number of rotatable bonds is 7. The Labute approximate surface area is 175 Å². The second kappa shape index (κ2) is 10.5. The summed E-state index contributed by atoms with van der Waals surface area (Å²) in [4.78, 5) is 11.7. The maximum Gasteiger partial charge on any atom is 0.194 e. The summed E-state index contributed by atoms with van der Waals surface area (Å²) >= 11 is 0. The second-order valence-electron chi connectivity index (χ2n) is 7.89. The van der Waals surface area contributed by atoms with Gasteiger partial charge in [0.2, 0.25) is 0 Å². The first kappa shape index (κ1) is 21.4. The highest BCUT2D eigenvalue weighted by Crippen LogP contribution is 2.11. The first-order valence-electron chi connectivity index (χ1n) is 10.6. The van der Waals surface area contributed by atoms with Gasteiger partial charge in [0.1, 0.15) is 0 Å². The van der Waals surface area contributed by atoms with E-state index in [1.165, 1.54) is 49.5 Å². The molecular formula is C23H36N6. The smallest absolute Gasteiger partial charge is 0.194 e. The predicted octanol–water partition coefficient (Wildman–Crippen LogP) is 2.37. The molecule has 1 aliphatic heterocycles. The van der Waals surface area contributed by atoms with E-state index in [2.05, 4.69) is 93.2 Å². The van der Waals surface area contributed by atoms with Crippen LogP contribution in [0.15, 0.2) is 47.6 Å². The molecule has 6 nitrogen and oxygen atoms in total. The van der Waals surface area contributed by atoms with E-state index in [0.29, 0.717) is 0 Å². The molecule has 0 atom stereocenters. The van der Waals surface area contributed by atoms with Gasteiger partial charge in [0, 0.05) is 72.3 Å². The number of hydrogen-bond donors (Lipinski definition) is 1. The molecule has 1 saturated heterocycles. The normalized spacial score (nSPS) is 16.2. The second-order valence-corrected chi connectivity index (χ2v) is 7.89. The Morgan fingerprint density at radius 1 is 1.03 bits per heavy atom. The Hall–Kier alpha value is -2.31. The molecule has 29 heavy (non-hydrogen) atoms. The summed E-state index contributed by atoms with van der Waals surface area (Å²) in [6.45, 7) is 10.8. The molecule has 1 aromatic carbocycles. The van der Waals surface area contributed by atoms with Crippen LogP contribution in [0.2, 0.25) is 0 Å². The van der Waals surface area contributed by atoms with Crippen molar-refractivity contribution < 1.29 is 0 Å². The number of aromatic nitrogens is 1. The van der Waals surface area contributed by atoms with Gasteiger partial charge in [0.05, 0.1) is 6.54 Å². The minimum Gasteiger partial charge on any atom is -0.353 e. The van der Waals surface area contributed by atoms with Gasteiger partial charge in [-0.2, -0.15) is 0 Å². The van der Waals surface area contributed by atoms with Gasteiger partial charge in [0.15, 0.2) is 5.96 Å². The quantitative estimate of drug-likeness (QED) is 0.576. The van der Waals surface area contributed by atoms with Gasteiger partial charge in [-0.1, -0.05) is 31.2 Å². The lowest BCUT2D eigenvalue weighted by atomic mass is 10.1. The monoisotopic (exact) mass is 396 g/mol. The molecule has 3 rings (SSSR count). The van der Waals surface area contributed by atoms with Crippen molar-refractivity contribution in [2.24, 2.45) is 12.0 Å². The van der Waals surface area contributed by atoms with Gasteiger partial charge in [0.25, 0.3) is 0 Å². The van der Waals surface area contributed by atoms with Crippen molar-refractivity contribution in [2.45, 2.75) is 26.6 Å². The number of benzene rings is 1. The fourth-order valence-electron chi connectivity index (χ4n) is 3.83. The van der Waals surface area contributed by atoms with Gasteiger partial charge in [-0.25, -0.2) is 0 Å². The molecule has 6 heteroatoms. The van der Waals surface area contributed by atoms with Crippen molar-refractivity contribution in [3.05, 3.63) is 59.4 Å². The van der Waals surface area contributed by atoms with Crippen LogP contribution in [0.1, 0.15) is 23.7 Å². The van der Waals surface area contributed by atoms with Crippen molar-refractivity contribution in [1.82, 2.24) is 24.6 Å². The number of aliphatic imine (C=N–C) groups is 1. The molecular weight excluding hydrogens is 360 g/mol. The molecule has 0 saturated carbocycles. The third-order valence-electron chi connectivity index (χ3n) is 5.82. The average molecular weight is 397 g/mol. The number of guanidine groups is 1. The van der Waals surface area contributed by atoms with E-state index in [9.17, 15) is 0 Å². The molecule has 1 N–H and O–H groups in total. The average Bonchev–Trinajstić information content (AvgIpc) is 3.14. The van der Waals surface area contributed by atoms with Crippen LogP contribution >= 0.6 is 0 Å². The maximum atomic E-state index is 4.43. The van der Waals surface area contributed by atoms with Gasteiger partial charge >= 0.3 is 0 Å². The summed E-state index contributed by atoms with van der Waals surface area (Å²) in [5.74, 6) is 0.907. The van der Waals surface area contributed by atoms with Crippen molar-refractivity contribution >= 4 is 5.96 Å². The van der Waals surface area contributed by atoms with E-state index in [1.54, 1.807) is 0 Å². The van der Waals surface area contributed by atoms with Crippen LogP contribution in [0, 0.1) is 0 Å². The summed E-state index contributed by atoms with van der Waals surface area (Å²) in [5, 5.41) is 3.48. The Morgan fingerprint density at radius 3 is 2.28 bits per heavy atom. The van der Waals surface area contributed by atoms with E-state index in [1.807, 2.05) is 7.05 Å². The number of aryl methyl sites for hydroxylation is 1. The van der Waals surface area contributed by atoms with Crippen molar-refractivity contribution in [1.29, 1.82) is 0 Å². The lowest BCUT2D eigenvalue weighted by Gasteiger charge is -2.34. The molecule has 0 unspecified atom stereocenters. The molecule has 1 aromatic heterocycles. The highest BCUT2D eigenvalue weighted by atomic mass is 15.3. The number of hydrogen-bond acceptors (Lipinski definition) is 3. The highest BCUT2D eigenvalue weighted by molar-refractivity contribution is 5.79. The lowest BCUT2D eigenvalue weighted by Crippen LogP contribution is -2.45. The van der Waals surface area contributed by atoms with Crippen LogP contribution < -0.4 is 5.32 Å². The van der Waals surface area contributed by atoms with Crippen molar-refractivity contribution in [2.75, 3.05) is 46.8 Å². The lowest BCUT2D eigenvalue weighted by molar-refractivity contribution is 0.132. The molecule has 158 valence electrons. The summed E-state index contributed by atoms with van der Waals surface area (Å²) in [5.41, 5.74) is 3.93. The predicted molar refractivity (Wildman–Crippen MR) is 121 cm³/mol. The van der Waals surface area contributed by atoms with Gasteiger partial charge < -0.3 is 19.7 Å². The fourth-order valence-corrected chi connectivity index (χ4v) is 3.83. The highest BCUT2D eigenvalue weighted by Gasteiger charge is 2.15. The van der Waals surface area contributed by atoms with E-state index in [-0.39, 0.29) is 0 Å². The number of piperazine rings is 1. The molecule has 2 heterocycles.